The quantitative estimate of drug-likeness (QED) is 0.107. The number of esters is 2. The number of hydrazone groups is 1. The fourth-order valence-corrected chi connectivity index (χ4v) is 3.51. The van der Waals surface area contributed by atoms with Gasteiger partial charge in [0.15, 0.2) is 0 Å². The van der Waals surface area contributed by atoms with Gasteiger partial charge in [0.2, 0.25) is 0 Å². The van der Waals surface area contributed by atoms with Crippen molar-refractivity contribution in [2.24, 2.45) is 5.10 Å². The van der Waals surface area contributed by atoms with Gasteiger partial charge < -0.3 is 14.6 Å². The minimum atomic E-state index is -0.672. The molecule has 4 aromatic carbocycles. The van der Waals surface area contributed by atoms with E-state index >= 15 is 0 Å². The molecule has 8 nitrogen and oxygen atoms in total. The molecule has 0 aromatic heterocycles. The Balaban J connectivity index is 1.41. The summed E-state index contributed by atoms with van der Waals surface area (Å²) in [4.78, 5) is 37.4. The molecule has 0 spiro atoms. The van der Waals surface area contributed by atoms with E-state index in [0.717, 1.165) is 5.56 Å². The van der Waals surface area contributed by atoms with Gasteiger partial charge >= 0.3 is 11.9 Å². The Morgan fingerprint density at radius 2 is 1.46 bits per heavy atom. The first-order chi connectivity index (χ1) is 18.9. The van der Waals surface area contributed by atoms with Gasteiger partial charge in [0.05, 0.1) is 17.3 Å². The minimum Gasteiger partial charge on any atom is -0.507 e. The Morgan fingerprint density at radius 3 is 2.21 bits per heavy atom. The molecule has 0 aliphatic heterocycles. The van der Waals surface area contributed by atoms with Crippen LogP contribution in [-0.2, 0) is 4.79 Å². The van der Waals surface area contributed by atoms with Crippen molar-refractivity contribution in [3.8, 4) is 17.2 Å². The van der Waals surface area contributed by atoms with Crippen LogP contribution in [0.4, 0.5) is 0 Å². The van der Waals surface area contributed by atoms with Crippen LogP contribution in [-0.4, -0.2) is 29.2 Å². The number of hydrogen-bond acceptors (Lipinski definition) is 7. The van der Waals surface area contributed by atoms with E-state index in [9.17, 15) is 19.5 Å². The monoisotopic (exact) mass is 520 g/mol. The van der Waals surface area contributed by atoms with Crippen LogP contribution in [0, 0.1) is 6.92 Å². The zero-order valence-corrected chi connectivity index (χ0v) is 20.9. The van der Waals surface area contributed by atoms with E-state index in [1.807, 2.05) is 13.0 Å². The first kappa shape index (κ1) is 26.6. The van der Waals surface area contributed by atoms with Crippen LogP contribution in [0.3, 0.4) is 0 Å². The second-order valence-electron chi connectivity index (χ2n) is 8.31. The number of phenolic OH excluding ortho intramolecular Hbond substituents is 1. The Kier molecular flexibility index (Phi) is 8.61. The predicted molar refractivity (Wildman–Crippen MR) is 147 cm³/mol. The van der Waals surface area contributed by atoms with E-state index in [2.05, 4.69) is 10.5 Å². The fourth-order valence-electron chi connectivity index (χ4n) is 3.51. The molecule has 0 bridgehead atoms. The lowest BCUT2D eigenvalue weighted by Gasteiger charge is -2.08. The first-order valence-electron chi connectivity index (χ1n) is 11.9. The molecule has 0 aliphatic carbocycles. The number of ether oxygens (including phenoxy) is 2. The summed E-state index contributed by atoms with van der Waals surface area (Å²) in [5, 5.41) is 13.7. The van der Waals surface area contributed by atoms with Crippen LogP contribution in [0.15, 0.2) is 108 Å². The SMILES string of the molecule is Cc1cccc(C(=O)Oc2ccccc2/C=C/C(=O)Oc2ccccc2/C=N/NC(=O)c2ccccc2O)c1. The van der Waals surface area contributed by atoms with Crippen molar-refractivity contribution >= 4 is 30.1 Å². The van der Waals surface area contributed by atoms with Crippen LogP contribution < -0.4 is 14.9 Å². The highest BCUT2D eigenvalue weighted by Crippen LogP contribution is 2.22. The molecule has 39 heavy (non-hydrogen) atoms. The summed E-state index contributed by atoms with van der Waals surface area (Å²) in [6.45, 7) is 1.88. The van der Waals surface area contributed by atoms with Gasteiger partial charge in [0, 0.05) is 17.2 Å². The molecule has 0 saturated carbocycles. The molecule has 0 heterocycles. The second kappa shape index (κ2) is 12.6. The average molecular weight is 521 g/mol. The fraction of sp³-hybridized carbons (Fsp3) is 0.0323. The molecule has 2 N–H and O–H groups in total. The van der Waals surface area contributed by atoms with Crippen LogP contribution in [0.5, 0.6) is 17.2 Å². The van der Waals surface area contributed by atoms with Crippen LogP contribution in [0.2, 0.25) is 0 Å². The van der Waals surface area contributed by atoms with E-state index in [-0.39, 0.29) is 17.1 Å². The number of para-hydroxylation sites is 3. The molecular weight excluding hydrogens is 496 g/mol. The van der Waals surface area contributed by atoms with Crippen molar-refractivity contribution in [1.29, 1.82) is 0 Å². The van der Waals surface area contributed by atoms with Crippen molar-refractivity contribution in [1.82, 2.24) is 5.43 Å². The molecule has 0 fully saturated rings. The molecule has 0 atom stereocenters. The van der Waals surface area contributed by atoms with Crippen molar-refractivity contribution < 1.29 is 29.0 Å². The predicted octanol–water partition coefficient (Wildman–Crippen LogP) is 5.30. The number of amides is 1. The number of rotatable bonds is 8. The van der Waals surface area contributed by atoms with Gasteiger partial charge in [0.25, 0.3) is 5.91 Å². The number of nitrogens with one attached hydrogen (secondary N) is 1. The van der Waals surface area contributed by atoms with Gasteiger partial charge in [-0.3, -0.25) is 4.79 Å². The van der Waals surface area contributed by atoms with Gasteiger partial charge in [-0.15, -0.1) is 0 Å². The van der Waals surface area contributed by atoms with Crippen LogP contribution >= 0.6 is 0 Å². The van der Waals surface area contributed by atoms with Crippen molar-refractivity contribution in [2.75, 3.05) is 0 Å². The molecule has 0 aliphatic rings. The van der Waals surface area contributed by atoms with Gasteiger partial charge in [-0.25, -0.2) is 15.0 Å². The van der Waals surface area contributed by atoms with Crippen molar-refractivity contribution in [3.63, 3.8) is 0 Å². The van der Waals surface area contributed by atoms with Crippen LogP contribution in [0.1, 0.15) is 37.4 Å². The Bertz CT molecular complexity index is 1570. The Hall–Kier alpha value is -5.50. The molecule has 194 valence electrons. The van der Waals surface area contributed by atoms with Crippen molar-refractivity contribution in [2.45, 2.75) is 6.92 Å². The molecule has 1 amide bonds. The highest BCUT2D eigenvalue weighted by molar-refractivity contribution is 5.97. The standard InChI is InChI=1S/C31H24N2O6/c1-21-9-8-12-23(19-21)31(37)39-27-15-6-2-10-22(27)17-18-29(35)38-28-16-7-3-11-24(28)20-32-33-30(36)25-13-4-5-14-26(25)34/h2-20,34H,1H3,(H,33,36)/b18-17+,32-20+. The summed E-state index contributed by atoms with van der Waals surface area (Å²) in [5.41, 5.74) is 4.70. The topological polar surface area (TPSA) is 114 Å². The Labute approximate surface area is 224 Å². The highest BCUT2D eigenvalue weighted by atomic mass is 16.5. The van der Waals surface area contributed by atoms with E-state index in [4.69, 9.17) is 9.47 Å². The summed E-state index contributed by atoms with van der Waals surface area (Å²) in [7, 11) is 0. The third-order valence-electron chi connectivity index (χ3n) is 5.42. The summed E-state index contributed by atoms with van der Waals surface area (Å²) < 4.78 is 11.0. The molecule has 4 aromatic rings. The third kappa shape index (κ3) is 7.27. The number of hydrogen-bond donors (Lipinski definition) is 2. The lowest BCUT2D eigenvalue weighted by atomic mass is 10.1. The largest absolute Gasteiger partial charge is 0.507 e. The molecule has 0 radical (unpaired) electrons. The second-order valence-corrected chi connectivity index (χ2v) is 8.31. The number of carbonyl (C=O) groups is 3. The molecule has 4 rings (SSSR count). The number of phenols is 1. The number of benzene rings is 4. The molecular formula is C31H24N2O6. The van der Waals surface area contributed by atoms with E-state index < -0.39 is 17.8 Å². The van der Waals surface area contributed by atoms with Gasteiger partial charge in [0.1, 0.15) is 17.2 Å². The average Bonchev–Trinajstić information content (AvgIpc) is 2.93. The smallest absolute Gasteiger partial charge is 0.343 e. The van der Waals surface area contributed by atoms with Crippen molar-refractivity contribution in [3.05, 3.63) is 131 Å². The van der Waals surface area contributed by atoms with E-state index in [1.165, 1.54) is 30.5 Å². The number of nitrogens with zero attached hydrogens (tertiary/aromatic N) is 1. The maximum Gasteiger partial charge on any atom is 0.343 e. The number of carbonyl (C=O) groups excluding carboxylic acids is 3. The zero-order valence-electron chi connectivity index (χ0n) is 20.9. The summed E-state index contributed by atoms with van der Waals surface area (Å²) in [6, 6.07) is 26.6. The van der Waals surface area contributed by atoms with E-state index in [1.54, 1.807) is 78.9 Å². The summed E-state index contributed by atoms with van der Waals surface area (Å²) in [5.74, 6) is -1.44. The maximum absolute atomic E-state index is 12.6. The summed E-state index contributed by atoms with van der Waals surface area (Å²) >= 11 is 0. The van der Waals surface area contributed by atoms with Crippen LogP contribution in [0.25, 0.3) is 6.08 Å². The highest BCUT2D eigenvalue weighted by Gasteiger charge is 2.12. The zero-order chi connectivity index (χ0) is 27.6. The number of aromatic hydroxyl groups is 1. The maximum atomic E-state index is 12.6. The molecule has 0 saturated heterocycles. The minimum absolute atomic E-state index is 0.0735. The third-order valence-corrected chi connectivity index (χ3v) is 5.42. The van der Waals surface area contributed by atoms with Gasteiger partial charge in [-0.1, -0.05) is 60.2 Å². The molecule has 0 unspecified atom stereocenters. The van der Waals surface area contributed by atoms with Gasteiger partial charge in [-0.05, 0) is 55.5 Å². The lowest BCUT2D eigenvalue weighted by Crippen LogP contribution is -2.17. The molecule has 8 heteroatoms. The lowest BCUT2D eigenvalue weighted by molar-refractivity contribution is -0.128. The van der Waals surface area contributed by atoms with Gasteiger partial charge in [-0.2, -0.15) is 5.10 Å². The Morgan fingerprint density at radius 1 is 0.795 bits per heavy atom. The number of aryl methyl sites for hydroxylation is 1. The normalized spacial score (nSPS) is 10.9. The summed E-state index contributed by atoms with van der Waals surface area (Å²) in [6.07, 6.45) is 4.03. The first-order valence-corrected chi connectivity index (χ1v) is 11.9. The van der Waals surface area contributed by atoms with E-state index in [0.29, 0.717) is 22.4 Å².